The molecule has 3 heteroatoms. The van der Waals surface area contributed by atoms with E-state index in [0.29, 0.717) is 0 Å². The maximum atomic E-state index is 2.51. The van der Waals surface area contributed by atoms with Gasteiger partial charge in [-0.05, 0) is 68.8 Å². The highest BCUT2D eigenvalue weighted by atomic mass is 28.3. The summed E-state index contributed by atoms with van der Waals surface area (Å²) in [5.41, 5.74) is 9.63. The summed E-state index contributed by atoms with van der Waals surface area (Å²) in [6.45, 7) is 0. The normalized spacial score (nSPS) is 11.9. The van der Waals surface area contributed by atoms with E-state index in [1.807, 2.05) is 0 Å². The van der Waals surface area contributed by atoms with Crippen LogP contribution in [0, 0.1) is 0 Å². The van der Waals surface area contributed by atoms with E-state index in [4.69, 9.17) is 0 Å². The standard InChI is InChI=1S/C54H38N2Si/c1-5-18-40(19-6-1)55-51-30-15-14-27-48(51)50-38-45(36-37-53(50)55)57(42-22-9-3-10-23-42,43-24-11-4-12-25-43)44-34-32-39(33-35-44)46-28-17-29-49-47-26-13-16-31-52(47)56(54(46)49)41-20-7-2-8-21-41/h1-38H. The monoisotopic (exact) mass is 742 g/mol. The van der Waals surface area contributed by atoms with Gasteiger partial charge in [0.25, 0.3) is 0 Å². The Morgan fingerprint density at radius 1 is 0.281 bits per heavy atom. The van der Waals surface area contributed by atoms with Crippen LogP contribution in [0.4, 0.5) is 0 Å². The third-order valence-electron chi connectivity index (χ3n) is 11.9. The Morgan fingerprint density at radius 3 is 1.33 bits per heavy atom. The highest BCUT2D eigenvalue weighted by Crippen LogP contribution is 2.38. The van der Waals surface area contributed by atoms with E-state index >= 15 is 0 Å². The number of rotatable bonds is 7. The van der Waals surface area contributed by atoms with Crippen molar-refractivity contribution in [2.75, 3.05) is 0 Å². The van der Waals surface area contributed by atoms with Gasteiger partial charge in [-0.15, -0.1) is 0 Å². The third-order valence-corrected chi connectivity index (χ3v) is 16.6. The van der Waals surface area contributed by atoms with Gasteiger partial charge in [0.15, 0.2) is 8.07 Å². The fraction of sp³-hybridized carbons (Fsp3) is 0. The summed E-state index contributed by atoms with van der Waals surface area (Å²) < 4.78 is 4.84. The fourth-order valence-corrected chi connectivity index (χ4v) is 14.2. The Labute approximate surface area is 333 Å². The number of hydrogen-bond acceptors (Lipinski definition) is 0. The second-order valence-electron chi connectivity index (χ2n) is 14.9. The van der Waals surface area contributed by atoms with E-state index in [2.05, 4.69) is 240 Å². The molecule has 0 atom stereocenters. The molecule has 2 nitrogen and oxygen atoms in total. The second-order valence-corrected chi connectivity index (χ2v) is 18.7. The van der Waals surface area contributed by atoms with E-state index in [1.165, 1.54) is 81.2 Å². The molecular weight excluding hydrogens is 705 g/mol. The molecule has 268 valence electrons. The summed E-state index contributed by atoms with van der Waals surface area (Å²) in [7, 11) is -2.86. The highest BCUT2D eigenvalue weighted by Gasteiger charge is 2.41. The molecular formula is C54H38N2Si. The van der Waals surface area contributed by atoms with Gasteiger partial charge in [0, 0.05) is 38.5 Å². The molecule has 11 aromatic rings. The lowest BCUT2D eigenvalue weighted by Crippen LogP contribution is -2.74. The van der Waals surface area contributed by atoms with Crippen molar-refractivity contribution in [3.05, 3.63) is 231 Å². The summed E-state index contributed by atoms with van der Waals surface area (Å²) in [5.74, 6) is 0. The molecule has 11 rings (SSSR count). The summed E-state index contributed by atoms with van der Waals surface area (Å²) in [5, 5.41) is 10.5. The van der Waals surface area contributed by atoms with E-state index in [-0.39, 0.29) is 0 Å². The van der Waals surface area contributed by atoms with Crippen molar-refractivity contribution >= 4 is 72.4 Å². The van der Waals surface area contributed by atoms with Crippen molar-refractivity contribution in [2.45, 2.75) is 0 Å². The minimum absolute atomic E-state index is 1.16. The molecule has 0 aliphatic carbocycles. The van der Waals surface area contributed by atoms with Crippen LogP contribution in [0.3, 0.4) is 0 Å². The van der Waals surface area contributed by atoms with Gasteiger partial charge in [-0.1, -0.05) is 188 Å². The predicted molar refractivity (Wildman–Crippen MR) is 244 cm³/mol. The first-order valence-corrected chi connectivity index (χ1v) is 21.7. The molecule has 0 N–H and O–H groups in total. The first kappa shape index (κ1) is 33.2. The van der Waals surface area contributed by atoms with Crippen LogP contribution in [0.25, 0.3) is 66.1 Å². The number of benzene rings is 9. The molecule has 2 heterocycles. The van der Waals surface area contributed by atoms with Gasteiger partial charge < -0.3 is 9.13 Å². The molecule has 0 bridgehead atoms. The van der Waals surface area contributed by atoms with E-state index < -0.39 is 8.07 Å². The van der Waals surface area contributed by atoms with Gasteiger partial charge in [-0.25, -0.2) is 0 Å². The maximum Gasteiger partial charge on any atom is 0.179 e. The van der Waals surface area contributed by atoms with Crippen LogP contribution in [0.1, 0.15) is 0 Å². The average molecular weight is 743 g/mol. The van der Waals surface area contributed by atoms with Crippen LogP contribution in [0.5, 0.6) is 0 Å². The Bertz CT molecular complexity index is 3160. The molecule has 0 saturated carbocycles. The van der Waals surface area contributed by atoms with Crippen molar-refractivity contribution in [2.24, 2.45) is 0 Å². The van der Waals surface area contributed by atoms with Crippen LogP contribution < -0.4 is 20.7 Å². The Balaban J connectivity index is 1.16. The Kier molecular flexibility index (Phi) is 7.87. The molecule has 9 aromatic carbocycles. The Hall–Kier alpha value is -7.20. The third kappa shape index (κ3) is 5.17. The Morgan fingerprint density at radius 2 is 0.719 bits per heavy atom. The van der Waals surface area contributed by atoms with Gasteiger partial charge in [-0.2, -0.15) is 0 Å². The topological polar surface area (TPSA) is 9.86 Å². The van der Waals surface area contributed by atoms with E-state index in [0.717, 1.165) is 5.69 Å². The van der Waals surface area contributed by atoms with E-state index in [1.54, 1.807) is 0 Å². The first-order chi connectivity index (χ1) is 28.3. The lowest BCUT2D eigenvalue weighted by atomic mass is 10.0. The average Bonchev–Trinajstić information content (AvgIpc) is 3.81. The van der Waals surface area contributed by atoms with Gasteiger partial charge in [0.1, 0.15) is 0 Å². The van der Waals surface area contributed by atoms with Crippen molar-refractivity contribution in [3.63, 3.8) is 0 Å². The second kappa shape index (κ2) is 13.5. The largest absolute Gasteiger partial charge is 0.309 e. The molecule has 2 aromatic heterocycles. The molecule has 0 amide bonds. The minimum Gasteiger partial charge on any atom is -0.309 e. The number of nitrogens with zero attached hydrogens (tertiary/aromatic N) is 2. The number of para-hydroxylation sites is 5. The molecule has 0 fully saturated rings. The zero-order valence-electron chi connectivity index (χ0n) is 31.3. The maximum absolute atomic E-state index is 2.86. The summed E-state index contributed by atoms with van der Waals surface area (Å²) in [6, 6.07) is 85.2. The molecule has 0 aliphatic rings. The minimum atomic E-state index is -2.86. The summed E-state index contributed by atoms with van der Waals surface area (Å²) >= 11 is 0. The molecule has 0 spiro atoms. The van der Waals surface area contributed by atoms with Crippen LogP contribution >= 0.6 is 0 Å². The quantitative estimate of drug-likeness (QED) is 0.114. The number of fused-ring (bicyclic) bond motifs is 6. The fourth-order valence-electron chi connectivity index (χ4n) is 9.43. The zero-order chi connectivity index (χ0) is 37.8. The smallest absolute Gasteiger partial charge is 0.179 e. The van der Waals surface area contributed by atoms with E-state index in [9.17, 15) is 0 Å². The molecule has 0 saturated heterocycles. The number of hydrogen-bond donors (Lipinski definition) is 0. The zero-order valence-corrected chi connectivity index (χ0v) is 32.3. The van der Waals surface area contributed by atoms with Crippen molar-refractivity contribution in [1.29, 1.82) is 0 Å². The SMILES string of the molecule is c1ccc(-n2c3ccccc3c3cc([Si](c4ccccc4)(c4ccccc4)c4ccc(-c5cccc6c7ccccc7n(-c7ccccc7)c56)cc4)ccc32)cc1. The van der Waals surface area contributed by atoms with Crippen LogP contribution in [-0.2, 0) is 0 Å². The van der Waals surface area contributed by atoms with Crippen molar-refractivity contribution < 1.29 is 0 Å². The van der Waals surface area contributed by atoms with Gasteiger partial charge in [-0.3, -0.25) is 0 Å². The van der Waals surface area contributed by atoms with Crippen molar-refractivity contribution in [1.82, 2.24) is 9.13 Å². The molecule has 0 unspecified atom stereocenters. The van der Waals surface area contributed by atoms with Crippen LogP contribution in [0.15, 0.2) is 231 Å². The summed E-state index contributed by atoms with van der Waals surface area (Å²) in [6.07, 6.45) is 0. The lowest BCUT2D eigenvalue weighted by molar-refractivity contribution is 1.18. The van der Waals surface area contributed by atoms with Crippen LogP contribution in [0.2, 0.25) is 0 Å². The van der Waals surface area contributed by atoms with Gasteiger partial charge >= 0.3 is 0 Å². The predicted octanol–water partition coefficient (Wildman–Crippen LogP) is 10.9. The highest BCUT2D eigenvalue weighted by molar-refractivity contribution is 7.20. The van der Waals surface area contributed by atoms with Gasteiger partial charge in [0.2, 0.25) is 0 Å². The van der Waals surface area contributed by atoms with Gasteiger partial charge in [0.05, 0.1) is 22.1 Å². The van der Waals surface area contributed by atoms with Crippen molar-refractivity contribution in [3.8, 4) is 22.5 Å². The molecule has 0 radical (unpaired) electrons. The van der Waals surface area contributed by atoms with Crippen LogP contribution in [-0.4, -0.2) is 17.2 Å². The summed E-state index contributed by atoms with van der Waals surface area (Å²) in [4.78, 5) is 0. The molecule has 57 heavy (non-hydrogen) atoms. The number of aromatic nitrogens is 2. The molecule has 0 aliphatic heterocycles. The lowest BCUT2D eigenvalue weighted by Gasteiger charge is -2.34. The first-order valence-electron chi connectivity index (χ1n) is 19.7.